The van der Waals surface area contributed by atoms with E-state index in [1.54, 1.807) is 7.11 Å². The molecule has 0 spiro atoms. The molecule has 2 N–H and O–H groups in total. The SMILES string of the molecule is CCCCCOc1cc2c(cc1OC)NC[C@H](O)C2. The first-order chi connectivity index (χ1) is 9.24. The normalized spacial score (nSPS) is 17.5. The molecule has 0 fully saturated rings. The molecule has 0 bridgehead atoms. The minimum atomic E-state index is -0.325. The quantitative estimate of drug-likeness (QED) is 0.776. The van der Waals surface area contributed by atoms with Gasteiger partial charge in [-0.05, 0) is 18.1 Å². The van der Waals surface area contributed by atoms with Gasteiger partial charge in [0.15, 0.2) is 11.5 Å². The largest absolute Gasteiger partial charge is 0.493 e. The first-order valence-electron chi connectivity index (χ1n) is 7.00. The van der Waals surface area contributed by atoms with Crippen molar-refractivity contribution >= 4 is 5.69 Å². The second-order valence-electron chi connectivity index (χ2n) is 4.95. The number of hydrogen-bond donors (Lipinski definition) is 2. The van der Waals surface area contributed by atoms with Gasteiger partial charge in [0.1, 0.15) is 0 Å². The number of anilines is 1. The molecule has 1 heterocycles. The van der Waals surface area contributed by atoms with Gasteiger partial charge in [-0.1, -0.05) is 19.8 Å². The fraction of sp³-hybridized carbons (Fsp3) is 0.600. The third-order valence-corrected chi connectivity index (χ3v) is 3.38. The third-order valence-electron chi connectivity index (χ3n) is 3.38. The second kappa shape index (κ2) is 6.66. The Bertz CT molecular complexity index is 420. The summed E-state index contributed by atoms with van der Waals surface area (Å²) in [5.74, 6) is 1.52. The van der Waals surface area contributed by atoms with Crippen molar-refractivity contribution in [2.75, 3.05) is 25.6 Å². The molecule has 4 heteroatoms. The van der Waals surface area contributed by atoms with Crippen molar-refractivity contribution in [1.82, 2.24) is 0 Å². The van der Waals surface area contributed by atoms with Gasteiger partial charge in [0, 0.05) is 24.7 Å². The molecule has 4 nitrogen and oxygen atoms in total. The van der Waals surface area contributed by atoms with Crippen LogP contribution in [0.1, 0.15) is 31.7 Å². The molecule has 1 aliphatic heterocycles. The summed E-state index contributed by atoms with van der Waals surface area (Å²) in [7, 11) is 1.65. The van der Waals surface area contributed by atoms with Crippen molar-refractivity contribution in [3.63, 3.8) is 0 Å². The van der Waals surface area contributed by atoms with Crippen molar-refractivity contribution in [1.29, 1.82) is 0 Å². The van der Waals surface area contributed by atoms with Crippen molar-refractivity contribution in [2.24, 2.45) is 0 Å². The number of ether oxygens (including phenoxy) is 2. The Kier molecular flexibility index (Phi) is 4.91. The van der Waals surface area contributed by atoms with E-state index in [1.807, 2.05) is 12.1 Å². The standard InChI is InChI=1S/C15H23NO3/c1-3-4-5-6-19-15-8-11-7-12(17)10-16-13(11)9-14(15)18-2/h8-9,12,16-17H,3-7,10H2,1-2H3/t12-/m1/s1. The van der Waals surface area contributed by atoms with Crippen LogP contribution in [-0.2, 0) is 6.42 Å². The summed E-state index contributed by atoms with van der Waals surface area (Å²) in [6.07, 6.45) is 3.75. The Hall–Kier alpha value is -1.42. The fourth-order valence-electron chi connectivity index (χ4n) is 2.30. The number of unbranched alkanes of at least 4 members (excludes halogenated alkanes) is 2. The summed E-state index contributed by atoms with van der Waals surface area (Å²) in [4.78, 5) is 0. The monoisotopic (exact) mass is 265 g/mol. The van der Waals surface area contributed by atoms with Crippen LogP contribution in [0.2, 0.25) is 0 Å². The van der Waals surface area contributed by atoms with Crippen LogP contribution in [0.5, 0.6) is 11.5 Å². The first kappa shape index (κ1) is 14.0. The summed E-state index contributed by atoms with van der Waals surface area (Å²) in [5.41, 5.74) is 2.12. The molecule has 0 amide bonds. The highest BCUT2D eigenvalue weighted by molar-refractivity contribution is 5.62. The molecular weight excluding hydrogens is 242 g/mol. The van der Waals surface area contributed by atoms with Crippen molar-refractivity contribution < 1.29 is 14.6 Å². The van der Waals surface area contributed by atoms with Crippen molar-refractivity contribution in [3.8, 4) is 11.5 Å². The van der Waals surface area contributed by atoms with Crippen LogP contribution in [0.15, 0.2) is 12.1 Å². The second-order valence-corrected chi connectivity index (χ2v) is 4.95. The van der Waals surface area contributed by atoms with Crippen LogP contribution < -0.4 is 14.8 Å². The topological polar surface area (TPSA) is 50.7 Å². The Morgan fingerprint density at radius 3 is 2.89 bits per heavy atom. The van der Waals surface area contributed by atoms with Crippen LogP contribution in [-0.4, -0.2) is 31.5 Å². The molecular formula is C15H23NO3. The summed E-state index contributed by atoms with van der Waals surface area (Å²) in [6, 6.07) is 3.94. The van der Waals surface area contributed by atoms with Gasteiger partial charge in [0.25, 0.3) is 0 Å². The number of fused-ring (bicyclic) bond motifs is 1. The van der Waals surface area contributed by atoms with Gasteiger partial charge < -0.3 is 19.9 Å². The molecule has 106 valence electrons. The molecule has 1 aliphatic rings. The Morgan fingerprint density at radius 1 is 1.32 bits per heavy atom. The smallest absolute Gasteiger partial charge is 0.162 e. The van der Waals surface area contributed by atoms with Gasteiger partial charge in [0.05, 0.1) is 19.8 Å². The average molecular weight is 265 g/mol. The van der Waals surface area contributed by atoms with E-state index in [4.69, 9.17) is 9.47 Å². The maximum absolute atomic E-state index is 9.68. The highest BCUT2D eigenvalue weighted by atomic mass is 16.5. The van der Waals surface area contributed by atoms with E-state index in [0.29, 0.717) is 19.6 Å². The molecule has 1 aromatic rings. The molecule has 0 saturated carbocycles. The zero-order valence-electron chi connectivity index (χ0n) is 11.7. The minimum Gasteiger partial charge on any atom is -0.493 e. The molecule has 19 heavy (non-hydrogen) atoms. The van der Waals surface area contributed by atoms with E-state index in [1.165, 1.54) is 12.8 Å². The minimum absolute atomic E-state index is 0.325. The third kappa shape index (κ3) is 3.53. The van der Waals surface area contributed by atoms with Crippen molar-refractivity contribution in [2.45, 2.75) is 38.7 Å². The van der Waals surface area contributed by atoms with Gasteiger partial charge in [-0.3, -0.25) is 0 Å². The van der Waals surface area contributed by atoms with E-state index in [-0.39, 0.29) is 6.10 Å². The number of nitrogens with one attached hydrogen (secondary N) is 1. The lowest BCUT2D eigenvalue weighted by atomic mass is 10.0. The number of benzene rings is 1. The molecule has 1 atom stereocenters. The van der Waals surface area contributed by atoms with Crippen LogP contribution in [0.25, 0.3) is 0 Å². The Labute approximate surface area is 114 Å². The number of aliphatic hydroxyl groups excluding tert-OH is 1. The maximum Gasteiger partial charge on any atom is 0.162 e. The van der Waals surface area contributed by atoms with Crippen LogP contribution >= 0.6 is 0 Å². The zero-order chi connectivity index (χ0) is 13.7. The zero-order valence-corrected chi connectivity index (χ0v) is 11.7. The van der Waals surface area contributed by atoms with Gasteiger partial charge in [-0.25, -0.2) is 0 Å². The molecule has 0 unspecified atom stereocenters. The molecule has 0 saturated heterocycles. The number of rotatable bonds is 6. The van der Waals surface area contributed by atoms with E-state index in [0.717, 1.165) is 29.2 Å². The van der Waals surface area contributed by atoms with Gasteiger partial charge >= 0.3 is 0 Å². The van der Waals surface area contributed by atoms with Crippen LogP contribution in [0, 0.1) is 0 Å². The first-order valence-corrected chi connectivity index (χ1v) is 7.00. The highest BCUT2D eigenvalue weighted by Gasteiger charge is 2.19. The number of hydrogen-bond acceptors (Lipinski definition) is 4. The number of β-amino-alcohol motifs (C(OH)–C–C–N with tert-alkyl or cyclic N) is 1. The fourth-order valence-corrected chi connectivity index (χ4v) is 2.30. The molecule has 0 aromatic heterocycles. The summed E-state index contributed by atoms with van der Waals surface area (Å²) < 4.78 is 11.2. The van der Waals surface area contributed by atoms with Gasteiger partial charge in [-0.2, -0.15) is 0 Å². The lowest BCUT2D eigenvalue weighted by Crippen LogP contribution is -2.27. The summed E-state index contributed by atoms with van der Waals surface area (Å²) in [5, 5.41) is 12.9. The molecule has 0 aliphatic carbocycles. The molecule has 1 aromatic carbocycles. The highest BCUT2D eigenvalue weighted by Crippen LogP contribution is 2.35. The predicted octanol–water partition coefficient (Wildman–Crippen LogP) is 2.59. The lowest BCUT2D eigenvalue weighted by Gasteiger charge is -2.24. The van der Waals surface area contributed by atoms with Crippen LogP contribution in [0.4, 0.5) is 5.69 Å². The Morgan fingerprint density at radius 2 is 2.16 bits per heavy atom. The average Bonchev–Trinajstić information content (AvgIpc) is 2.42. The molecule has 0 radical (unpaired) electrons. The maximum atomic E-state index is 9.68. The number of methoxy groups -OCH3 is 1. The summed E-state index contributed by atoms with van der Waals surface area (Å²) >= 11 is 0. The van der Waals surface area contributed by atoms with Crippen LogP contribution in [0.3, 0.4) is 0 Å². The number of aliphatic hydroxyl groups is 1. The van der Waals surface area contributed by atoms with E-state index in [2.05, 4.69) is 12.2 Å². The van der Waals surface area contributed by atoms with E-state index >= 15 is 0 Å². The Balaban J connectivity index is 2.10. The van der Waals surface area contributed by atoms with Gasteiger partial charge in [0.2, 0.25) is 0 Å². The molecule has 2 rings (SSSR count). The predicted molar refractivity (Wildman–Crippen MR) is 76.2 cm³/mol. The van der Waals surface area contributed by atoms with Crippen molar-refractivity contribution in [3.05, 3.63) is 17.7 Å². The lowest BCUT2D eigenvalue weighted by molar-refractivity contribution is 0.184. The summed E-state index contributed by atoms with van der Waals surface area (Å²) in [6.45, 7) is 3.47. The van der Waals surface area contributed by atoms with E-state index < -0.39 is 0 Å². The van der Waals surface area contributed by atoms with E-state index in [9.17, 15) is 5.11 Å². The van der Waals surface area contributed by atoms with Gasteiger partial charge in [-0.15, -0.1) is 0 Å².